The van der Waals surface area contributed by atoms with Gasteiger partial charge >= 0.3 is 6.03 Å². The molecule has 0 unspecified atom stereocenters. The Labute approximate surface area is 134 Å². The van der Waals surface area contributed by atoms with E-state index in [-0.39, 0.29) is 16.1 Å². The first kappa shape index (κ1) is 16.3. The van der Waals surface area contributed by atoms with Crippen molar-refractivity contribution in [3.63, 3.8) is 0 Å². The van der Waals surface area contributed by atoms with Gasteiger partial charge in [-0.1, -0.05) is 56.6 Å². The highest BCUT2D eigenvalue weighted by Gasteiger charge is 2.19. The Kier molecular flexibility index (Phi) is 4.71. The topological polar surface area (TPSA) is 41.1 Å². The molecule has 0 spiro atoms. The highest BCUT2D eigenvalue weighted by Crippen LogP contribution is 2.30. The summed E-state index contributed by atoms with van der Waals surface area (Å²) in [5.41, 5.74) is 1.51. The van der Waals surface area contributed by atoms with Crippen molar-refractivity contribution in [2.24, 2.45) is 0 Å². The van der Waals surface area contributed by atoms with Crippen molar-refractivity contribution >= 4 is 29.0 Å². The molecule has 0 saturated carbocycles. The number of para-hydroxylation sites is 2. The molecule has 2 aromatic carbocycles. The van der Waals surface area contributed by atoms with Gasteiger partial charge in [-0.25, -0.2) is 9.18 Å². The predicted molar refractivity (Wildman–Crippen MR) is 89.2 cm³/mol. The second kappa shape index (κ2) is 6.36. The van der Waals surface area contributed by atoms with Crippen LogP contribution in [0.15, 0.2) is 42.5 Å². The summed E-state index contributed by atoms with van der Waals surface area (Å²) in [6.45, 7) is 6.16. The molecule has 2 amide bonds. The lowest BCUT2D eigenvalue weighted by molar-refractivity contribution is 0.262. The molecular weight excluding hydrogens is 303 g/mol. The quantitative estimate of drug-likeness (QED) is 0.762. The van der Waals surface area contributed by atoms with E-state index >= 15 is 0 Å². The van der Waals surface area contributed by atoms with E-state index in [4.69, 9.17) is 11.6 Å². The van der Waals surface area contributed by atoms with Crippen LogP contribution in [0.4, 0.5) is 20.6 Å². The van der Waals surface area contributed by atoms with Crippen LogP contribution < -0.4 is 10.6 Å². The van der Waals surface area contributed by atoms with Crippen LogP contribution in [0.5, 0.6) is 0 Å². The van der Waals surface area contributed by atoms with Crippen LogP contribution >= 0.6 is 11.6 Å². The smallest absolute Gasteiger partial charge is 0.307 e. The fourth-order valence-electron chi connectivity index (χ4n) is 2.13. The molecule has 0 radical (unpaired) electrons. The van der Waals surface area contributed by atoms with E-state index in [1.807, 2.05) is 24.3 Å². The van der Waals surface area contributed by atoms with Gasteiger partial charge in [0.25, 0.3) is 0 Å². The lowest BCUT2D eigenvalue weighted by Crippen LogP contribution is -2.23. The van der Waals surface area contributed by atoms with Gasteiger partial charge in [0.05, 0.1) is 10.7 Å². The highest BCUT2D eigenvalue weighted by molar-refractivity contribution is 6.33. The number of nitrogens with one attached hydrogen (secondary N) is 2. The zero-order chi connectivity index (χ0) is 16.3. The molecule has 0 atom stereocenters. The monoisotopic (exact) mass is 320 g/mol. The van der Waals surface area contributed by atoms with Crippen molar-refractivity contribution < 1.29 is 9.18 Å². The van der Waals surface area contributed by atoms with Gasteiger partial charge in [-0.05, 0) is 29.2 Å². The molecule has 3 nitrogen and oxygen atoms in total. The third-order valence-corrected chi connectivity index (χ3v) is 3.50. The van der Waals surface area contributed by atoms with Crippen LogP contribution in [0.25, 0.3) is 0 Å². The number of anilines is 2. The average Bonchev–Trinajstić information content (AvgIpc) is 2.42. The van der Waals surface area contributed by atoms with Crippen LogP contribution in [0.3, 0.4) is 0 Å². The summed E-state index contributed by atoms with van der Waals surface area (Å²) in [6.07, 6.45) is 0. The largest absolute Gasteiger partial charge is 0.323 e. The number of rotatable bonds is 2. The average molecular weight is 321 g/mol. The van der Waals surface area contributed by atoms with Crippen LogP contribution in [0.1, 0.15) is 26.3 Å². The van der Waals surface area contributed by atoms with Crippen LogP contribution in [-0.2, 0) is 5.41 Å². The highest BCUT2D eigenvalue weighted by atomic mass is 35.5. The first-order valence-corrected chi connectivity index (χ1v) is 7.28. The SMILES string of the molecule is CC(C)(C)c1ccccc1NC(=O)Nc1c(F)cccc1Cl. The number of carbonyl (C=O) groups is 1. The number of hydrogen-bond donors (Lipinski definition) is 2. The molecule has 0 aliphatic carbocycles. The standard InChI is InChI=1S/C17H18ClFN2O/c1-17(2,3)11-7-4-5-10-14(11)20-16(22)21-15-12(18)8-6-9-13(15)19/h4-10H,1-3H3,(H2,20,21,22). The third kappa shape index (κ3) is 3.77. The molecular formula is C17H18ClFN2O. The van der Waals surface area contributed by atoms with Gasteiger partial charge in [0.15, 0.2) is 0 Å². The second-order valence-corrected chi connectivity index (χ2v) is 6.38. The van der Waals surface area contributed by atoms with E-state index in [9.17, 15) is 9.18 Å². The molecule has 2 rings (SSSR count). The molecule has 0 fully saturated rings. The lowest BCUT2D eigenvalue weighted by Gasteiger charge is -2.23. The van der Waals surface area contributed by atoms with Crippen molar-refractivity contribution in [2.45, 2.75) is 26.2 Å². The lowest BCUT2D eigenvalue weighted by atomic mass is 9.86. The maximum absolute atomic E-state index is 13.7. The number of halogens is 2. The van der Waals surface area contributed by atoms with Crippen LogP contribution in [0.2, 0.25) is 5.02 Å². The number of amides is 2. The Morgan fingerprint density at radius 2 is 1.73 bits per heavy atom. The van der Waals surface area contributed by atoms with E-state index in [1.165, 1.54) is 18.2 Å². The van der Waals surface area contributed by atoms with Crippen molar-refractivity contribution in [3.05, 3.63) is 58.9 Å². The molecule has 0 aromatic heterocycles. The van der Waals surface area contributed by atoms with Crippen LogP contribution in [0, 0.1) is 5.82 Å². The number of carbonyl (C=O) groups excluding carboxylic acids is 1. The summed E-state index contributed by atoms with van der Waals surface area (Å²) >= 11 is 5.90. The molecule has 0 heterocycles. The summed E-state index contributed by atoms with van der Waals surface area (Å²) in [7, 11) is 0. The normalized spacial score (nSPS) is 11.1. The first-order chi connectivity index (χ1) is 10.3. The van der Waals surface area contributed by atoms with Crippen molar-refractivity contribution in [1.82, 2.24) is 0 Å². The van der Waals surface area contributed by atoms with Gasteiger partial charge in [0.1, 0.15) is 5.82 Å². The van der Waals surface area contributed by atoms with Crippen LogP contribution in [-0.4, -0.2) is 6.03 Å². The molecule has 22 heavy (non-hydrogen) atoms. The van der Waals surface area contributed by atoms with Gasteiger partial charge < -0.3 is 10.6 Å². The molecule has 0 aliphatic rings. The Balaban J connectivity index is 2.20. The Hall–Kier alpha value is -2.07. The first-order valence-electron chi connectivity index (χ1n) is 6.90. The van der Waals surface area contributed by atoms with Crippen molar-refractivity contribution in [2.75, 3.05) is 10.6 Å². The summed E-state index contributed by atoms with van der Waals surface area (Å²) < 4.78 is 13.7. The predicted octanol–water partition coefficient (Wildman–Crippen LogP) is 5.42. The minimum absolute atomic E-state index is 0.0325. The summed E-state index contributed by atoms with van der Waals surface area (Å²) in [5.74, 6) is -0.577. The van der Waals surface area contributed by atoms with E-state index in [1.54, 1.807) is 0 Å². The number of hydrogen-bond acceptors (Lipinski definition) is 1. The van der Waals surface area contributed by atoms with Gasteiger partial charge in [-0.3, -0.25) is 0 Å². The fraction of sp³-hybridized carbons (Fsp3) is 0.235. The van der Waals surface area contributed by atoms with Crippen molar-refractivity contribution in [3.8, 4) is 0 Å². The zero-order valence-electron chi connectivity index (χ0n) is 12.7. The summed E-state index contributed by atoms with van der Waals surface area (Å²) in [4.78, 5) is 12.1. The third-order valence-electron chi connectivity index (χ3n) is 3.18. The summed E-state index contributed by atoms with van der Waals surface area (Å²) in [6, 6.07) is 11.2. The molecule has 2 aromatic rings. The van der Waals surface area contributed by atoms with E-state index in [0.29, 0.717) is 5.69 Å². The fourth-order valence-corrected chi connectivity index (χ4v) is 2.34. The Morgan fingerprint density at radius 3 is 2.36 bits per heavy atom. The van der Waals surface area contributed by atoms with Gasteiger partial charge in [-0.2, -0.15) is 0 Å². The number of benzene rings is 2. The van der Waals surface area contributed by atoms with Gasteiger partial charge in [0.2, 0.25) is 0 Å². The number of urea groups is 1. The molecule has 5 heteroatoms. The van der Waals surface area contributed by atoms with E-state index < -0.39 is 11.8 Å². The maximum atomic E-state index is 13.7. The minimum Gasteiger partial charge on any atom is -0.307 e. The molecule has 0 saturated heterocycles. The van der Waals surface area contributed by atoms with Gasteiger partial charge in [0, 0.05) is 5.69 Å². The van der Waals surface area contributed by atoms with Gasteiger partial charge in [-0.15, -0.1) is 0 Å². The van der Waals surface area contributed by atoms with E-state index in [0.717, 1.165) is 5.56 Å². The van der Waals surface area contributed by atoms with Crippen molar-refractivity contribution in [1.29, 1.82) is 0 Å². The maximum Gasteiger partial charge on any atom is 0.323 e. The molecule has 0 aliphatic heterocycles. The summed E-state index contributed by atoms with van der Waals surface area (Å²) in [5, 5.41) is 5.35. The molecule has 0 bridgehead atoms. The zero-order valence-corrected chi connectivity index (χ0v) is 13.5. The minimum atomic E-state index is -0.577. The molecule has 2 N–H and O–H groups in total. The molecule has 116 valence electrons. The second-order valence-electron chi connectivity index (χ2n) is 5.97. The van der Waals surface area contributed by atoms with E-state index in [2.05, 4.69) is 31.4 Å². The Morgan fingerprint density at radius 1 is 1.05 bits per heavy atom. The Bertz CT molecular complexity index is 675.